The Balaban J connectivity index is 1.46. The summed E-state index contributed by atoms with van der Waals surface area (Å²) in [7, 11) is 0. The molecule has 174 valence electrons. The SMILES string of the molecule is C/C=C/CCc1cc(F)c2c(F)c(C3CCC4CC(CCCCC)CCC4C3)ccc2c1. The Bertz CT molecular complexity index is 928. The van der Waals surface area contributed by atoms with Gasteiger partial charge in [-0.25, -0.2) is 8.78 Å². The average Bonchev–Trinajstić information content (AvgIpc) is 2.79. The summed E-state index contributed by atoms with van der Waals surface area (Å²) in [6.07, 6.45) is 18.6. The number of benzene rings is 2. The molecule has 2 saturated carbocycles. The van der Waals surface area contributed by atoms with Crippen molar-refractivity contribution in [3.8, 4) is 0 Å². The van der Waals surface area contributed by atoms with Crippen LogP contribution in [0.25, 0.3) is 10.8 Å². The molecule has 4 atom stereocenters. The molecule has 0 aromatic heterocycles. The first-order valence-electron chi connectivity index (χ1n) is 13.1. The van der Waals surface area contributed by atoms with Gasteiger partial charge in [-0.3, -0.25) is 0 Å². The molecule has 2 aromatic rings. The number of fused-ring (bicyclic) bond motifs is 2. The van der Waals surface area contributed by atoms with Gasteiger partial charge >= 0.3 is 0 Å². The monoisotopic (exact) mass is 438 g/mol. The molecule has 0 aliphatic heterocycles. The van der Waals surface area contributed by atoms with Crippen molar-refractivity contribution in [2.24, 2.45) is 17.8 Å². The van der Waals surface area contributed by atoms with Gasteiger partial charge in [0, 0.05) is 0 Å². The molecule has 2 aromatic carbocycles. The van der Waals surface area contributed by atoms with Crippen LogP contribution in [-0.2, 0) is 6.42 Å². The first-order valence-corrected chi connectivity index (χ1v) is 13.1. The molecule has 0 saturated heterocycles. The smallest absolute Gasteiger partial charge is 0.137 e. The fraction of sp³-hybridized carbons (Fsp3) is 0.600. The third-order valence-electron chi connectivity index (χ3n) is 8.31. The van der Waals surface area contributed by atoms with Crippen LogP contribution in [0.5, 0.6) is 0 Å². The Morgan fingerprint density at radius 2 is 1.78 bits per heavy atom. The highest BCUT2D eigenvalue weighted by Crippen LogP contribution is 2.49. The maximum absolute atomic E-state index is 15.6. The van der Waals surface area contributed by atoms with Crippen LogP contribution in [0.2, 0.25) is 0 Å². The Hall–Kier alpha value is -1.70. The second-order valence-electron chi connectivity index (χ2n) is 10.5. The van der Waals surface area contributed by atoms with Crippen molar-refractivity contribution in [2.75, 3.05) is 0 Å². The standard InChI is InChI=1S/C30H40F2/c1-3-5-7-9-21-11-12-24-20-25(14-13-23(24)17-21)27-16-15-26-18-22(10-8-6-4-2)19-28(31)29(26)30(27)32/h4,6,15-16,18-19,21,23-25H,3,5,7-14,17,20H2,1-2H3/b6-4+. The zero-order valence-corrected chi connectivity index (χ0v) is 20.0. The summed E-state index contributed by atoms with van der Waals surface area (Å²) < 4.78 is 30.5. The highest BCUT2D eigenvalue weighted by Gasteiger charge is 2.36. The molecule has 32 heavy (non-hydrogen) atoms. The lowest BCUT2D eigenvalue weighted by molar-refractivity contribution is 0.112. The molecule has 0 heterocycles. The molecular formula is C30H40F2. The van der Waals surface area contributed by atoms with Gasteiger partial charge in [0.1, 0.15) is 11.6 Å². The fourth-order valence-electron chi connectivity index (χ4n) is 6.54. The lowest BCUT2D eigenvalue weighted by Crippen LogP contribution is -2.30. The van der Waals surface area contributed by atoms with Crippen molar-refractivity contribution in [3.05, 3.63) is 59.2 Å². The molecule has 2 aliphatic carbocycles. The highest BCUT2D eigenvalue weighted by atomic mass is 19.1. The van der Waals surface area contributed by atoms with Gasteiger partial charge in [0.2, 0.25) is 0 Å². The zero-order chi connectivity index (χ0) is 22.5. The average molecular weight is 439 g/mol. The van der Waals surface area contributed by atoms with Crippen molar-refractivity contribution >= 4 is 10.8 Å². The largest absolute Gasteiger partial charge is 0.206 e. The van der Waals surface area contributed by atoms with E-state index in [0.29, 0.717) is 5.39 Å². The van der Waals surface area contributed by atoms with Gasteiger partial charge in [-0.05, 0) is 98.1 Å². The normalized spacial score (nSPS) is 26.0. The number of hydrogen-bond acceptors (Lipinski definition) is 0. The Morgan fingerprint density at radius 1 is 0.969 bits per heavy atom. The summed E-state index contributed by atoms with van der Waals surface area (Å²) in [5.41, 5.74) is 1.69. The first-order chi connectivity index (χ1) is 15.6. The van der Waals surface area contributed by atoms with E-state index >= 15 is 4.39 Å². The number of halogens is 2. The highest BCUT2D eigenvalue weighted by molar-refractivity contribution is 5.85. The van der Waals surface area contributed by atoms with E-state index in [1.165, 1.54) is 57.4 Å². The van der Waals surface area contributed by atoms with Crippen LogP contribution < -0.4 is 0 Å². The van der Waals surface area contributed by atoms with Gasteiger partial charge in [-0.15, -0.1) is 0 Å². The number of unbranched alkanes of at least 4 members (excludes halogenated alkanes) is 2. The minimum absolute atomic E-state index is 0.194. The second-order valence-corrected chi connectivity index (χ2v) is 10.5. The molecule has 0 nitrogen and oxygen atoms in total. The third kappa shape index (κ3) is 5.26. The molecule has 4 rings (SSSR count). The van der Waals surface area contributed by atoms with Crippen LogP contribution >= 0.6 is 0 Å². The van der Waals surface area contributed by atoms with Gasteiger partial charge < -0.3 is 0 Å². The summed E-state index contributed by atoms with van der Waals surface area (Å²) in [6.45, 7) is 4.27. The predicted molar refractivity (Wildman–Crippen MR) is 132 cm³/mol. The molecule has 0 radical (unpaired) electrons. The maximum Gasteiger partial charge on any atom is 0.137 e. The quantitative estimate of drug-likeness (QED) is 0.284. The van der Waals surface area contributed by atoms with E-state index in [1.54, 1.807) is 0 Å². The molecule has 0 bridgehead atoms. The molecule has 0 N–H and O–H groups in total. The number of aryl methyl sites for hydroxylation is 1. The minimum atomic E-state index is -0.404. The summed E-state index contributed by atoms with van der Waals surface area (Å²) >= 11 is 0. The minimum Gasteiger partial charge on any atom is -0.206 e. The number of hydrogen-bond donors (Lipinski definition) is 0. The van der Waals surface area contributed by atoms with Crippen molar-refractivity contribution < 1.29 is 8.78 Å². The van der Waals surface area contributed by atoms with Crippen LogP contribution in [-0.4, -0.2) is 0 Å². The van der Waals surface area contributed by atoms with Gasteiger partial charge in [0.15, 0.2) is 0 Å². The Kier molecular flexibility index (Phi) is 8.02. The van der Waals surface area contributed by atoms with E-state index in [1.807, 2.05) is 31.2 Å². The van der Waals surface area contributed by atoms with Crippen molar-refractivity contribution in [1.82, 2.24) is 0 Å². The fourth-order valence-corrected chi connectivity index (χ4v) is 6.54. The van der Waals surface area contributed by atoms with E-state index in [-0.39, 0.29) is 17.1 Å². The molecule has 0 spiro atoms. The molecule has 2 aliphatic rings. The van der Waals surface area contributed by atoms with Crippen LogP contribution in [0.15, 0.2) is 36.4 Å². The van der Waals surface area contributed by atoms with Gasteiger partial charge in [0.25, 0.3) is 0 Å². The summed E-state index contributed by atoms with van der Waals surface area (Å²) in [5.74, 6) is 1.99. The predicted octanol–water partition coefficient (Wildman–Crippen LogP) is 9.51. The van der Waals surface area contributed by atoms with E-state index in [2.05, 4.69) is 13.0 Å². The lowest BCUT2D eigenvalue weighted by Gasteiger charge is -2.42. The number of allylic oxidation sites excluding steroid dienone is 2. The van der Waals surface area contributed by atoms with E-state index in [0.717, 1.165) is 54.6 Å². The Labute approximate surface area is 193 Å². The van der Waals surface area contributed by atoms with Crippen LogP contribution in [0.3, 0.4) is 0 Å². The number of rotatable bonds is 8. The summed E-state index contributed by atoms with van der Waals surface area (Å²) in [6, 6.07) is 7.40. The van der Waals surface area contributed by atoms with Crippen LogP contribution in [0, 0.1) is 29.4 Å². The lowest BCUT2D eigenvalue weighted by atomic mass is 9.63. The van der Waals surface area contributed by atoms with E-state index in [4.69, 9.17) is 0 Å². The van der Waals surface area contributed by atoms with E-state index < -0.39 is 5.82 Å². The topological polar surface area (TPSA) is 0 Å². The van der Waals surface area contributed by atoms with Crippen LogP contribution in [0.1, 0.15) is 102 Å². The summed E-state index contributed by atoms with van der Waals surface area (Å²) in [5, 5.41) is 0.891. The van der Waals surface area contributed by atoms with E-state index in [9.17, 15) is 4.39 Å². The summed E-state index contributed by atoms with van der Waals surface area (Å²) in [4.78, 5) is 0. The molecule has 4 unspecified atom stereocenters. The third-order valence-corrected chi connectivity index (χ3v) is 8.31. The molecule has 0 amide bonds. The van der Waals surface area contributed by atoms with Crippen molar-refractivity contribution in [3.63, 3.8) is 0 Å². The molecule has 2 heteroatoms. The second kappa shape index (κ2) is 10.9. The Morgan fingerprint density at radius 3 is 2.59 bits per heavy atom. The van der Waals surface area contributed by atoms with Crippen molar-refractivity contribution in [2.45, 2.75) is 96.8 Å². The van der Waals surface area contributed by atoms with Gasteiger partial charge in [-0.1, -0.05) is 69.4 Å². The maximum atomic E-state index is 15.6. The zero-order valence-electron chi connectivity index (χ0n) is 20.0. The first kappa shape index (κ1) is 23.5. The molecular weight excluding hydrogens is 398 g/mol. The van der Waals surface area contributed by atoms with Gasteiger partial charge in [0.05, 0.1) is 5.39 Å². The molecule has 2 fully saturated rings. The van der Waals surface area contributed by atoms with Crippen molar-refractivity contribution in [1.29, 1.82) is 0 Å². The van der Waals surface area contributed by atoms with Crippen LogP contribution in [0.4, 0.5) is 8.78 Å². The van der Waals surface area contributed by atoms with Gasteiger partial charge in [-0.2, -0.15) is 0 Å².